The Morgan fingerprint density at radius 1 is 1.45 bits per heavy atom. The SMILES string of the molecule is O=C(O)c1cn(CCNS(=O)(=O)c2cccc(Cl)c2F)nn1. The molecule has 0 bridgehead atoms. The van der Waals surface area contributed by atoms with Gasteiger partial charge in [-0.15, -0.1) is 5.10 Å². The standard InChI is InChI=1S/C11H10ClFN4O4S/c12-7-2-1-3-9(10(7)13)22(20,21)14-4-5-17-6-8(11(18)19)15-16-17/h1-3,6,14H,4-5H2,(H,18,19). The molecule has 8 nitrogen and oxygen atoms in total. The number of carboxylic acids is 1. The van der Waals surface area contributed by atoms with Crippen molar-refractivity contribution in [3.63, 3.8) is 0 Å². The van der Waals surface area contributed by atoms with Crippen LogP contribution in [0.5, 0.6) is 0 Å². The molecule has 0 aliphatic heterocycles. The lowest BCUT2D eigenvalue weighted by Crippen LogP contribution is -2.28. The third-order valence-corrected chi connectivity index (χ3v) is 4.37. The van der Waals surface area contributed by atoms with E-state index in [-0.39, 0.29) is 23.8 Å². The molecule has 118 valence electrons. The third-order valence-electron chi connectivity index (χ3n) is 2.60. The minimum absolute atomic E-state index is 0.0295. The average Bonchev–Trinajstić information content (AvgIpc) is 2.90. The van der Waals surface area contributed by atoms with Gasteiger partial charge in [-0.05, 0) is 12.1 Å². The molecule has 0 atom stereocenters. The van der Waals surface area contributed by atoms with Gasteiger partial charge in [-0.2, -0.15) is 0 Å². The predicted molar refractivity (Wildman–Crippen MR) is 73.6 cm³/mol. The summed E-state index contributed by atoms with van der Waals surface area (Å²) < 4.78 is 40.9. The first-order chi connectivity index (χ1) is 10.3. The van der Waals surface area contributed by atoms with Crippen molar-refractivity contribution >= 4 is 27.6 Å². The number of carboxylic acid groups (broad SMARTS) is 1. The van der Waals surface area contributed by atoms with E-state index in [0.717, 1.165) is 16.9 Å². The van der Waals surface area contributed by atoms with Gasteiger partial charge >= 0.3 is 5.97 Å². The first-order valence-corrected chi connectivity index (χ1v) is 7.74. The lowest BCUT2D eigenvalue weighted by Gasteiger charge is -2.08. The first-order valence-electron chi connectivity index (χ1n) is 5.88. The molecule has 1 aromatic heterocycles. The van der Waals surface area contributed by atoms with Crippen molar-refractivity contribution in [2.24, 2.45) is 0 Å². The number of benzene rings is 1. The van der Waals surface area contributed by atoms with Gasteiger partial charge in [0.05, 0.1) is 17.8 Å². The van der Waals surface area contributed by atoms with Gasteiger partial charge in [-0.1, -0.05) is 22.9 Å². The van der Waals surface area contributed by atoms with Crippen LogP contribution in [-0.4, -0.2) is 41.0 Å². The van der Waals surface area contributed by atoms with Crippen LogP contribution in [0.4, 0.5) is 4.39 Å². The van der Waals surface area contributed by atoms with Crippen molar-refractivity contribution < 1.29 is 22.7 Å². The molecule has 0 aliphatic carbocycles. The van der Waals surface area contributed by atoms with Crippen LogP contribution >= 0.6 is 11.6 Å². The molecule has 0 saturated heterocycles. The van der Waals surface area contributed by atoms with Crippen LogP contribution in [0.2, 0.25) is 5.02 Å². The van der Waals surface area contributed by atoms with Gasteiger partial charge in [0.25, 0.3) is 0 Å². The highest BCUT2D eigenvalue weighted by Gasteiger charge is 2.20. The molecule has 11 heteroatoms. The maximum atomic E-state index is 13.7. The van der Waals surface area contributed by atoms with Crippen molar-refractivity contribution in [2.45, 2.75) is 11.4 Å². The van der Waals surface area contributed by atoms with Crippen molar-refractivity contribution in [3.8, 4) is 0 Å². The lowest BCUT2D eigenvalue weighted by atomic mass is 10.3. The Morgan fingerprint density at radius 3 is 2.82 bits per heavy atom. The first kappa shape index (κ1) is 16.3. The summed E-state index contributed by atoms with van der Waals surface area (Å²) in [4.78, 5) is 10.1. The zero-order chi connectivity index (χ0) is 16.3. The van der Waals surface area contributed by atoms with Gasteiger partial charge in [-0.3, -0.25) is 4.68 Å². The summed E-state index contributed by atoms with van der Waals surface area (Å²) in [6.07, 6.45) is 1.15. The number of hydrogen-bond acceptors (Lipinski definition) is 5. The zero-order valence-electron chi connectivity index (χ0n) is 10.9. The van der Waals surface area contributed by atoms with E-state index in [1.807, 2.05) is 0 Å². The molecular weight excluding hydrogens is 339 g/mol. The number of rotatable bonds is 6. The smallest absolute Gasteiger partial charge is 0.358 e. The molecule has 0 saturated carbocycles. The summed E-state index contributed by atoms with van der Waals surface area (Å²) in [5.74, 6) is -2.28. The maximum absolute atomic E-state index is 13.7. The van der Waals surface area contributed by atoms with Gasteiger partial charge in [0, 0.05) is 6.54 Å². The van der Waals surface area contributed by atoms with Crippen molar-refractivity contribution in [3.05, 3.63) is 40.9 Å². The minimum atomic E-state index is -4.08. The normalized spacial score (nSPS) is 11.5. The number of carbonyl (C=O) groups is 1. The van der Waals surface area contributed by atoms with E-state index < -0.39 is 26.7 Å². The fourth-order valence-corrected chi connectivity index (χ4v) is 2.92. The molecule has 2 N–H and O–H groups in total. The summed E-state index contributed by atoms with van der Waals surface area (Å²) in [6.45, 7) is -0.0988. The quantitative estimate of drug-likeness (QED) is 0.796. The van der Waals surface area contributed by atoms with Gasteiger partial charge in [0.15, 0.2) is 11.5 Å². The van der Waals surface area contributed by atoms with E-state index >= 15 is 0 Å². The third kappa shape index (κ3) is 3.59. The van der Waals surface area contributed by atoms with Crippen LogP contribution in [0.25, 0.3) is 0 Å². The highest BCUT2D eigenvalue weighted by molar-refractivity contribution is 7.89. The van der Waals surface area contributed by atoms with Crippen LogP contribution in [0, 0.1) is 5.82 Å². The van der Waals surface area contributed by atoms with Crippen molar-refractivity contribution in [1.82, 2.24) is 19.7 Å². The molecular formula is C11H10ClFN4O4S. The Labute approximate surface area is 129 Å². The molecule has 0 fully saturated rings. The highest BCUT2D eigenvalue weighted by atomic mass is 35.5. The molecule has 0 amide bonds. The molecule has 0 spiro atoms. The van der Waals surface area contributed by atoms with Crippen LogP contribution < -0.4 is 4.72 Å². The molecule has 0 unspecified atom stereocenters. The number of aromatic carboxylic acids is 1. The zero-order valence-corrected chi connectivity index (χ0v) is 12.5. The predicted octanol–water partition coefficient (Wildman–Crippen LogP) is 0.747. The second-order valence-corrected chi connectivity index (χ2v) is 6.26. The molecule has 2 aromatic rings. The largest absolute Gasteiger partial charge is 0.476 e. The second kappa shape index (κ2) is 6.38. The van der Waals surface area contributed by atoms with E-state index in [0.29, 0.717) is 0 Å². The topological polar surface area (TPSA) is 114 Å². The summed E-state index contributed by atoms with van der Waals surface area (Å²) in [7, 11) is -4.08. The fourth-order valence-electron chi connectivity index (χ4n) is 1.57. The Bertz CT molecular complexity index is 808. The Morgan fingerprint density at radius 2 is 2.18 bits per heavy atom. The van der Waals surface area contributed by atoms with E-state index in [9.17, 15) is 17.6 Å². The van der Waals surface area contributed by atoms with Gasteiger partial charge in [0.2, 0.25) is 10.0 Å². The van der Waals surface area contributed by atoms with Gasteiger partial charge in [-0.25, -0.2) is 22.3 Å². The number of sulfonamides is 1. The Balaban J connectivity index is 2.03. The molecule has 2 rings (SSSR count). The van der Waals surface area contributed by atoms with E-state index in [2.05, 4.69) is 15.0 Å². The minimum Gasteiger partial charge on any atom is -0.476 e. The Hall–Kier alpha value is -2.04. The van der Waals surface area contributed by atoms with E-state index in [1.54, 1.807) is 0 Å². The summed E-state index contributed by atoms with van der Waals surface area (Å²) in [6, 6.07) is 3.64. The number of halogens is 2. The summed E-state index contributed by atoms with van der Waals surface area (Å²) in [5.41, 5.74) is -0.260. The molecule has 22 heavy (non-hydrogen) atoms. The van der Waals surface area contributed by atoms with E-state index in [4.69, 9.17) is 16.7 Å². The average molecular weight is 349 g/mol. The molecule has 0 radical (unpaired) electrons. The number of hydrogen-bond donors (Lipinski definition) is 2. The number of nitrogens with one attached hydrogen (secondary N) is 1. The molecule has 1 heterocycles. The number of aromatic nitrogens is 3. The second-order valence-electron chi connectivity index (χ2n) is 4.12. The fraction of sp³-hybridized carbons (Fsp3) is 0.182. The van der Waals surface area contributed by atoms with Gasteiger partial charge < -0.3 is 5.11 Å². The van der Waals surface area contributed by atoms with Gasteiger partial charge in [0.1, 0.15) is 4.90 Å². The summed E-state index contributed by atoms with van der Waals surface area (Å²) >= 11 is 5.54. The molecule has 1 aromatic carbocycles. The van der Waals surface area contributed by atoms with Crippen molar-refractivity contribution in [1.29, 1.82) is 0 Å². The van der Waals surface area contributed by atoms with Crippen LogP contribution in [0.1, 0.15) is 10.5 Å². The van der Waals surface area contributed by atoms with Crippen molar-refractivity contribution in [2.75, 3.05) is 6.54 Å². The summed E-state index contributed by atoms with van der Waals surface area (Å²) in [5, 5.41) is 15.3. The maximum Gasteiger partial charge on any atom is 0.358 e. The monoisotopic (exact) mass is 348 g/mol. The van der Waals surface area contributed by atoms with E-state index in [1.165, 1.54) is 12.1 Å². The van der Waals surface area contributed by atoms with Crippen LogP contribution in [0.3, 0.4) is 0 Å². The highest BCUT2D eigenvalue weighted by Crippen LogP contribution is 2.21. The van der Waals surface area contributed by atoms with Crippen LogP contribution in [-0.2, 0) is 16.6 Å². The lowest BCUT2D eigenvalue weighted by molar-refractivity contribution is 0.0690. The molecule has 0 aliphatic rings. The van der Waals surface area contributed by atoms with Crippen LogP contribution in [0.15, 0.2) is 29.3 Å². The number of nitrogens with zero attached hydrogens (tertiary/aromatic N) is 3. The Kier molecular flexibility index (Phi) is 4.74.